The van der Waals surface area contributed by atoms with Gasteiger partial charge in [-0.1, -0.05) is 0 Å². The van der Waals surface area contributed by atoms with Gasteiger partial charge in [-0.25, -0.2) is 14.4 Å². The minimum atomic E-state index is -0.432. The first-order valence-corrected chi connectivity index (χ1v) is 8.83. The number of rotatable bonds is 2. The van der Waals surface area contributed by atoms with E-state index in [-0.39, 0.29) is 5.56 Å². The summed E-state index contributed by atoms with van der Waals surface area (Å²) < 4.78 is 21.7. The van der Waals surface area contributed by atoms with E-state index in [1.807, 2.05) is 19.1 Å². The SMILES string of the molecule is COc1cc(F)c2nc(-c3cc(C)cc4c(=O)n(C)c(C)nc34)sc2c1. The first kappa shape index (κ1) is 16.7. The topological polar surface area (TPSA) is 57.0 Å². The Kier molecular flexibility index (Phi) is 3.77. The predicted octanol–water partition coefficient (Wildman–Crippen LogP) is 3.97. The number of nitrogens with zero attached hydrogens (tertiary/aromatic N) is 3. The molecule has 0 atom stereocenters. The maximum atomic E-state index is 14.3. The van der Waals surface area contributed by atoms with Crippen LogP contribution in [0.4, 0.5) is 4.39 Å². The smallest absolute Gasteiger partial charge is 0.261 e. The van der Waals surface area contributed by atoms with Crippen LogP contribution < -0.4 is 10.3 Å². The molecule has 0 aliphatic carbocycles. The minimum absolute atomic E-state index is 0.105. The molecule has 0 radical (unpaired) electrons. The molecule has 0 aliphatic heterocycles. The molecule has 0 saturated carbocycles. The number of thiazole rings is 1. The van der Waals surface area contributed by atoms with Crippen molar-refractivity contribution in [3.63, 3.8) is 0 Å². The summed E-state index contributed by atoms with van der Waals surface area (Å²) in [6.07, 6.45) is 0. The lowest BCUT2D eigenvalue weighted by atomic mass is 10.1. The van der Waals surface area contributed by atoms with Gasteiger partial charge in [-0.05, 0) is 37.6 Å². The number of hydrogen-bond donors (Lipinski definition) is 0. The highest BCUT2D eigenvalue weighted by Gasteiger charge is 2.17. The predicted molar refractivity (Wildman–Crippen MR) is 102 cm³/mol. The Morgan fingerprint density at radius 1 is 1.12 bits per heavy atom. The molecule has 2 aromatic heterocycles. The second-order valence-electron chi connectivity index (χ2n) is 6.21. The van der Waals surface area contributed by atoms with E-state index in [4.69, 9.17) is 4.74 Å². The summed E-state index contributed by atoms with van der Waals surface area (Å²) in [6, 6.07) is 6.83. The van der Waals surface area contributed by atoms with Gasteiger partial charge in [-0.15, -0.1) is 11.3 Å². The molecular weight excluding hydrogens is 353 g/mol. The van der Waals surface area contributed by atoms with Crippen LogP contribution in [0.25, 0.3) is 31.7 Å². The molecule has 132 valence electrons. The fourth-order valence-corrected chi connectivity index (χ4v) is 4.01. The maximum Gasteiger partial charge on any atom is 0.261 e. The minimum Gasteiger partial charge on any atom is -0.497 e. The van der Waals surface area contributed by atoms with Crippen LogP contribution >= 0.6 is 11.3 Å². The van der Waals surface area contributed by atoms with E-state index in [0.717, 1.165) is 11.1 Å². The van der Waals surface area contributed by atoms with Crippen LogP contribution in [-0.2, 0) is 7.05 Å². The summed E-state index contributed by atoms with van der Waals surface area (Å²) >= 11 is 1.35. The standard InChI is InChI=1S/C19H16FN3O2S/c1-9-5-12(16-13(6-9)19(24)23(3)10(2)21-16)18-22-17-14(20)7-11(25-4)8-15(17)26-18/h5-8H,1-4H3. The quantitative estimate of drug-likeness (QED) is 0.536. The summed E-state index contributed by atoms with van der Waals surface area (Å²) in [5.74, 6) is 0.627. The van der Waals surface area contributed by atoms with Crippen LogP contribution in [-0.4, -0.2) is 21.6 Å². The van der Waals surface area contributed by atoms with Crippen molar-refractivity contribution < 1.29 is 9.13 Å². The lowest BCUT2D eigenvalue weighted by Gasteiger charge is -2.09. The Balaban J connectivity index is 2.07. The van der Waals surface area contributed by atoms with Gasteiger partial charge in [0, 0.05) is 18.7 Å². The molecule has 0 unspecified atom stereocenters. The molecule has 4 aromatic rings. The number of halogens is 1. The van der Waals surface area contributed by atoms with Gasteiger partial charge < -0.3 is 4.74 Å². The number of aromatic nitrogens is 3. The van der Waals surface area contributed by atoms with Gasteiger partial charge in [0.2, 0.25) is 0 Å². The van der Waals surface area contributed by atoms with E-state index < -0.39 is 5.82 Å². The Hall–Kier alpha value is -2.80. The summed E-state index contributed by atoms with van der Waals surface area (Å²) in [5, 5.41) is 1.16. The first-order valence-electron chi connectivity index (χ1n) is 8.01. The van der Waals surface area contributed by atoms with Crippen molar-refractivity contribution in [2.75, 3.05) is 7.11 Å². The Labute approximate surface area is 152 Å². The zero-order valence-electron chi connectivity index (χ0n) is 14.8. The zero-order chi connectivity index (χ0) is 18.6. The van der Waals surface area contributed by atoms with Crippen molar-refractivity contribution in [3.05, 3.63) is 51.8 Å². The van der Waals surface area contributed by atoms with E-state index in [0.29, 0.717) is 37.7 Å². The molecule has 7 heteroatoms. The first-order chi connectivity index (χ1) is 12.4. The fraction of sp³-hybridized carbons (Fsp3) is 0.211. The van der Waals surface area contributed by atoms with Crippen LogP contribution in [0.3, 0.4) is 0 Å². The van der Waals surface area contributed by atoms with E-state index >= 15 is 0 Å². The van der Waals surface area contributed by atoms with Crippen LogP contribution in [0, 0.1) is 19.7 Å². The molecule has 0 amide bonds. The third-order valence-corrected chi connectivity index (χ3v) is 5.47. The van der Waals surface area contributed by atoms with Crippen LogP contribution in [0.5, 0.6) is 5.75 Å². The third kappa shape index (κ3) is 2.47. The van der Waals surface area contributed by atoms with Crippen molar-refractivity contribution in [3.8, 4) is 16.3 Å². The summed E-state index contributed by atoms with van der Waals surface area (Å²) in [6.45, 7) is 3.70. The summed E-state index contributed by atoms with van der Waals surface area (Å²) in [7, 11) is 3.20. The molecule has 0 N–H and O–H groups in total. The van der Waals surface area contributed by atoms with Crippen molar-refractivity contribution >= 4 is 32.5 Å². The highest BCUT2D eigenvalue weighted by Crippen LogP contribution is 2.36. The Morgan fingerprint density at radius 2 is 1.88 bits per heavy atom. The molecule has 0 fully saturated rings. The Bertz CT molecular complexity index is 1240. The van der Waals surface area contributed by atoms with Gasteiger partial charge in [-0.3, -0.25) is 9.36 Å². The lowest BCUT2D eigenvalue weighted by Crippen LogP contribution is -2.20. The number of aryl methyl sites for hydroxylation is 2. The van der Waals surface area contributed by atoms with Crippen molar-refractivity contribution in [2.24, 2.45) is 7.05 Å². The molecule has 4 rings (SSSR count). The average molecular weight is 369 g/mol. The van der Waals surface area contributed by atoms with E-state index in [2.05, 4.69) is 9.97 Å². The second kappa shape index (κ2) is 5.88. The fourth-order valence-electron chi connectivity index (χ4n) is 2.99. The lowest BCUT2D eigenvalue weighted by molar-refractivity contribution is 0.412. The molecule has 2 heterocycles. The number of hydrogen-bond acceptors (Lipinski definition) is 5. The highest BCUT2D eigenvalue weighted by atomic mass is 32.1. The third-order valence-electron chi connectivity index (χ3n) is 4.44. The average Bonchev–Trinajstić information content (AvgIpc) is 3.04. The van der Waals surface area contributed by atoms with Crippen molar-refractivity contribution in [2.45, 2.75) is 13.8 Å². The van der Waals surface area contributed by atoms with Crippen molar-refractivity contribution in [1.29, 1.82) is 0 Å². The van der Waals surface area contributed by atoms with E-state index in [9.17, 15) is 9.18 Å². The number of benzene rings is 2. The van der Waals surface area contributed by atoms with Gasteiger partial charge >= 0.3 is 0 Å². The van der Waals surface area contributed by atoms with Gasteiger partial charge in [0.15, 0.2) is 5.82 Å². The normalized spacial score (nSPS) is 11.4. The number of methoxy groups -OCH3 is 1. The second-order valence-corrected chi connectivity index (χ2v) is 7.24. The summed E-state index contributed by atoms with van der Waals surface area (Å²) in [4.78, 5) is 21.7. The van der Waals surface area contributed by atoms with E-state index in [1.54, 1.807) is 20.0 Å². The largest absolute Gasteiger partial charge is 0.497 e. The molecule has 0 saturated heterocycles. The molecule has 0 bridgehead atoms. The van der Waals surface area contributed by atoms with Crippen LogP contribution in [0.15, 0.2) is 29.1 Å². The monoisotopic (exact) mass is 369 g/mol. The molecule has 0 spiro atoms. The van der Waals surface area contributed by atoms with E-state index in [1.165, 1.54) is 29.1 Å². The van der Waals surface area contributed by atoms with Gasteiger partial charge in [-0.2, -0.15) is 0 Å². The van der Waals surface area contributed by atoms with Gasteiger partial charge in [0.1, 0.15) is 22.1 Å². The van der Waals surface area contributed by atoms with Crippen LogP contribution in [0.1, 0.15) is 11.4 Å². The Morgan fingerprint density at radius 3 is 2.62 bits per heavy atom. The summed E-state index contributed by atoms with van der Waals surface area (Å²) in [5.41, 5.74) is 2.43. The molecule has 5 nitrogen and oxygen atoms in total. The van der Waals surface area contributed by atoms with Crippen LogP contribution in [0.2, 0.25) is 0 Å². The zero-order valence-corrected chi connectivity index (χ0v) is 15.6. The van der Waals surface area contributed by atoms with Gasteiger partial charge in [0.05, 0.1) is 22.7 Å². The number of ether oxygens (including phenoxy) is 1. The highest BCUT2D eigenvalue weighted by molar-refractivity contribution is 7.21. The molecule has 26 heavy (non-hydrogen) atoms. The molecule has 0 aliphatic rings. The molecular formula is C19H16FN3O2S. The van der Waals surface area contributed by atoms with Crippen molar-refractivity contribution in [1.82, 2.24) is 14.5 Å². The van der Waals surface area contributed by atoms with Gasteiger partial charge in [0.25, 0.3) is 5.56 Å². The number of fused-ring (bicyclic) bond motifs is 2. The molecule has 2 aromatic carbocycles. The maximum absolute atomic E-state index is 14.3.